The van der Waals surface area contributed by atoms with Crippen LogP contribution in [-0.2, 0) is 11.2 Å². The zero-order chi connectivity index (χ0) is 17.1. The van der Waals surface area contributed by atoms with Crippen molar-refractivity contribution in [1.82, 2.24) is 4.98 Å². The predicted molar refractivity (Wildman–Crippen MR) is 94.3 cm³/mol. The molecule has 0 bridgehead atoms. The SMILES string of the molecule is CC(C)c1ccccc1NC(=O)CCc1ccc2oc(=O)[nH]c2c1. The Morgan fingerprint density at radius 3 is 2.79 bits per heavy atom. The Hall–Kier alpha value is -2.82. The maximum atomic E-state index is 12.2. The van der Waals surface area contributed by atoms with E-state index in [2.05, 4.69) is 24.1 Å². The quantitative estimate of drug-likeness (QED) is 0.749. The minimum atomic E-state index is -0.467. The number of amides is 1. The largest absolute Gasteiger partial charge is 0.417 e. The van der Waals surface area contributed by atoms with Gasteiger partial charge in [0.2, 0.25) is 5.91 Å². The van der Waals surface area contributed by atoms with Crippen LogP contribution in [0.5, 0.6) is 0 Å². The molecule has 3 rings (SSSR count). The third-order valence-electron chi connectivity index (χ3n) is 3.98. The summed E-state index contributed by atoms with van der Waals surface area (Å²) in [7, 11) is 0. The highest BCUT2D eigenvalue weighted by Gasteiger charge is 2.10. The standard InChI is InChI=1S/C19H20N2O3/c1-12(2)14-5-3-4-6-15(14)20-18(22)10-8-13-7-9-17-16(11-13)21-19(23)24-17/h3-7,9,11-12H,8,10H2,1-2H3,(H,20,22)(H,21,23). The minimum absolute atomic E-state index is 0.0242. The topological polar surface area (TPSA) is 75.1 Å². The molecule has 0 fully saturated rings. The molecule has 2 N–H and O–H groups in total. The van der Waals surface area contributed by atoms with Gasteiger partial charge in [0.05, 0.1) is 5.52 Å². The van der Waals surface area contributed by atoms with Crippen molar-refractivity contribution in [2.24, 2.45) is 0 Å². The first kappa shape index (κ1) is 16.1. The number of para-hydroxylation sites is 1. The summed E-state index contributed by atoms with van der Waals surface area (Å²) in [4.78, 5) is 26.0. The minimum Gasteiger partial charge on any atom is -0.408 e. The average Bonchev–Trinajstić information content (AvgIpc) is 2.92. The Labute approximate surface area is 139 Å². The van der Waals surface area contributed by atoms with Crippen molar-refractivity contribution in [3.63, 3.8) is 0 Å². The molecule has 5 nitrogen and oxygen atoms in total. The number of anilines is 1. The number of benzene rings is 2. The summed E-state index contributed by atoms with van der Waals surface area (Å²) in [5.74, 6) is -0.143. The van der Waals surface area contributed by atoms with Gasteiger partial charge in [-0.25, -0.2) is 4.79 Å². The number of carbonyl (C=O) groups is 1. The molecule has 0 radical (unpaired) electrons. The Balaban J connectivity index is 1.65. The fraction of sp³-hybridized carbons (Fsp3) is 0.263. The van der Waals surface area contributed by atoms with Gasteiger partial charge in [-0.05, 0) is 41.7 Å². The lowest BCUT2D eigenvalue weighted by molar-refractivity contribution is -0.116. The summed E-state index contributed by atoms with van der Waals surface area (Å²) in [6.07, 6.45) is 0.971. The van der Waals surface area contributed by atoms with Gasteiger partial charge >= 0.3 is 5.76 Å². The molecule has 0 saturated heterocycles. The molecule has 0 saturated carbocycles. The molecule has 0 unspecified atom stereocenters. The van der Waals surface area contributed by atoms with E-state index in [1.165, 1.54) is 0 Å². The summed E-state index contributed by atoms with van der Waals surface area (Å²) >= 11 is 0. The van der Waals surface area contributed by atoms with Gasteiger partial charge in [-0.2, -0.15) is 0 Å². The van der Waals surface area contributed by atoms with E-state index in [1.807, 2.05) is 36.4 Å². The zero-order valence-electron chi connectivity index (χ0n) is 13.8. The van der Waals surface area contributed by atoms with Gasteiger partial charge in [0.15, 0.2) is 5.58 Å². The first-order valence-electron chi connectivity index (χ1n) is 8.03. The summed E-state index contributed by atoms with van der Waals surface area (Å²) in [6.45, 7) is 4.21. The third-order valence-corrected chi connectivity index (χ3v) is 3.98. The molecule has 124 valence electrons. The number of fused-ring (bicyclic) bond motifs is 1. The smallest absolute Gasteiger partial charge is 0.408 e. The molecule has 5 heteroatoms. The summed E-state index contributed by atoms with van der Waals surface area (Å²) in [5.41, 5.74) is 4.16. The van der Waals surface area contributed by atoms with Gasteiger partial charge in [0.25, 0.3) is 0 Å². The van der Waals surface area contributed by atoms with E-state index in [0.717, 1.165) is 16.8 Å². The first-order valence-corrected chi connectivity index (χ1v) is 8.03. The number of carbonyl (C=O) groups excluding carboxylic acids is 1. The average molecular weight is 324 g/mol. The Morgan fingerprint density at radius 2 is 2.00 bits per heavy atom. The molecule has 0 spiro atoms. The molecule has 0 aliphatic carbocycles. The Kier molecular flexibility index (Phi) is 4.51. The summed E-state index contributed by atoms with van der Waals surface area (Å²) < 4.78 is 4.97. The number of H-pyrrole nitrogens is 1. The molecule has 0 aliphatic heterocycles. The van der Waals surface area contributed by atoms with Crippen LogP contribution in [0.1, 0.15) is 37.3 Å². The Bertz CT molecular complexity index is 922. The first-order chi connectivity index (χ1) is 11.5. The van der Waals surface area contributed by atoms with Crippen molar-refractivity contribution >= 4 is 22.7 Å². The number of rotatable bonds is 5. The fourth-order valence-electron chi connectivity index (χ4n) is 2.74. The highest BCUT2D eigenvalue weighted by atomic mass is 16.4. The van der Waals surface area contributed by atoms with Crippen LogP contribution in [0.2, 0.25) is 0 Å². The molecule has 1 heterocycles. The molecule has 2 aromatic carbocycles. The molecule has 24 heavy (non-hydrogen) atoms. The van der Waals surface area contributed by atoms with E-state index < -0.39 is 5.76 Å². The van der Waals surface area contributed by atoms with Crippen LogP contribution in [0.3, 0.4) is 0 Å². The number of aryl methyl sites for hydroxylation is 1. The van der Waals surface area contributed by atoms with E-state index in [1.54, 1.807) is 6.07 Å². The fourth-order valence-corrected chi connectivity index (χ4v) is 2.74. The van der Waals surface area contributed by atoms with Gasteiger partial charge in [-0.15, -0.1) is 0 Å². The second-order valence-electron chi connectivity index (χ2n) is 6.14. The van der Waals surface area contributed by atoms with Crippen molar-refractivity contribution in [2.75, 3.05) is 5.32 Å². The van der Waals surface area contributed by atoms with Crippen molar-refractivity contribution in [3.05, 3.63) is 64.1 Å². The van der Waals surface area contributed by atoms with Crippen LogP contribution in [0, 0.1) is 0 Å². The normalized spacial score (nSPS) is 11.1. The number of aromatic amines is 1. The van der Waals surface area contributed by atoms with Gasteiger partial charge in [0, 0.05) is 12.1 Å². The molecular formula is C19H20N2O3. The highest BCUT2D eigenvalue weighted by molar-refractivity contribution is 5.91. The van der Waals surface area contributed by atoms with Crippen LogP contribution in [0.4, 0.5) is 5.69 Å². The van der Waals surface area contributed by atoms with Crippen molar-refractivity contribution < 1.29 is 9.21 Å². The molecule has 0 atom stereocenters. The van der Waals surface area contributed by atoms with Crippen LogP contribution in [-0.4, -0.2) is 10.9 Å². The second-order valence-corrected chi connectivity index (χ2v) is 6.14. The van der Waals surface area contributed by atoms with E-state index in [0.29, 0.717) is 29.9 Å². The number of nitrogens with one attached hydrogen (secondary N) is 2. The highest BCUT2D eigenvalue weighted by Crippen LogP contribution is 2.24. The van der Waals surface area contributed by atoms with E-state index >= 15 is 0 Å². The molecule has 3 aromatic rings. The van der Waals surface area contributed by atoms with Crippen LogP contribution in [0.25, 0.3) is 11.1 Å². The lowest BCUT2D eigenvalue weighted by Gasteiger charge is -2.13. The number of hydrogen-bond acceptors (Lipinski definition) is 3. The maximum absolute atomic E-state index is 12.2. The van der Waals surface area contributed by atoms with Crippen molar-refractivity contribution in [1.29, 1.82) is 0 Å². The lowest BCUT2D eigenvalue weighted by Crippen LogP contribution is -2.14. The molecule has 0 aliphatic rings. The summed E-state index contributed by atoms with van der Waals surface area (Å²) in [6, 6.07) is 13.3. The van der Waals surface area contributed by atoms with E-state index in [9.17, 15) is 9.59 Å². The summed E-state index contributed by atoms with van der Waals surface area (Å²) in [5, 5.41) is 2.99. The van der Waals surface area contributed by atoms with Crippen LogP contribution >= 0.6 is 0 Å². The number of aromatic nitrogens is 1. The zero-order valence-corrected chi connectivity index (χ0v) is 13.8. The van der Waals surface area contributed by atoms with Crippen molar-refractivity contribution in [3.8, 4) is 0 Å². The van der Waals surface area contributed by atoms with Crippen LogP contribution < -0.4 is 11.1 Å². The van der Waals surface area contributed by atoms with Crippen molar-refractivity contribution in [2.45, 2.75) is 32.6 Å². The van der Waals surface area contributed by atoms with Gasteiger partial charge < -0.3 is 9.73 Å². The van der Waals surface area contributed by atoms with Gasteiger partial charge in [0.1, 0.15) is 0 Å². The lowest BCUT2D eigenvalue weighted by atomic mass is 10.0. The monoisotopic (exact) mass is 324 g/mol. The Morgan fingerprint density at radius 1 is 1.21 bits per heavy atom. The van der Waals surface area contributed by atoms with Gasteiger partial charge in [-0.3, -0.25) is 9.78 Å². The number of hydrogen-bond donors (Lipinski definition) is 2. The second kappa shape index (κ2) is 6.74. The molecule has 1 aromatic heterocycles. The number of oxazole rings is 1. The van der Waals surface area contributed by atoms with E-state index in [-0.39, 0.29) is 5.91 Å². The molecule has 1 amide bonds. The molecular weight excluding hydrogens is 304 g/mol. The third kappa shape index (κ3) is 3.56. The van der Waals surface area contributed by atoms with E-state index in [4.69, 9.17) is 4.42 Å². The maximum Gasteiger partial charge on any atom is 0.417 e. The predicted octanol–water partition coefficient (Wildman–Crippen LogP) is 3.82. The van der Waals surface area contributed by atoms with Gasteiger partial charge in [-0.1, -0.05) is 38.1 Å². The van der Waals surface area contributed by atoms with Crippen LogP contribution in [0.15, 0.2) is 51.7 Å².